The summed E-state index contributed by atoms with van der Waals surface area (Å²) in [4.78, 5) is 18.3. The van der Waals surface area contributed by atoms with Crippen molar-refractivity contribution in [1.82, 2.24) is 15.5 Å². The van der Waals surface area contributed by atoms with Gasteiger partial charge in [0.1, 0.15) is 0 Å². The fourth-order valence-electron chi connectivity index (χ4n) is 2.56. The SMILES string of the molecule is CN=C(NCC(=O)N1CCCCC1)NC(C)CCC(C)(C)C. The molecule has 0 saturated carbocycles. The number of nitrogens with one attached hydrogen (secondary N) is 2. The molecule has 1 unspecified atom stereocenters. The highest BCUT2D eigenvalue weighted by Crippen LogP contribution is 2.21. The Morgan fingerprint density at radius 2 is 1.86 bits per heavy atom. The third kappa shape index (κ3) is 7.66. The first kappa shape index (κ1) is 18.8. The highest BCUT2D eigenvalue weighted by Gasteiger charge is 2.17. The number of guanidine groups is 1. The van der Waals surface area contributed by atoms with E-state index < -0.39 is 0 Å². The maximum Gasteiger partial charge on any atom is 0.241 e. The number of nitrogens with zero attached hydrogens (tertiary/aromatic N) is 2. The number of hydrogen-bond donors (Lipinski definition) is 2. The zero-order chi connectivity index (χ0) is 16.6. The number of piperidine rings is 1. The van der Waals surface area contributed by atoms with E-state index in [0.717, 1.165) is 38.8 Å². The van der Waals surface area contributed by atoms with Crippen molar-refractivity contribution < 1.29 is 4.79 Å². The van der Waals surface area contributed by atoms with E-state index in [1.54, 1.807) is 7.05 Å². The lowest BCUT2D eigenvalue weighted by atomic mass is 9.89. The number of rotatable bonds is 5. The Balaban J connectivity index is 2.31. The molecule has 5 heteroatoms. The summed E-state index contributed by atoms with van der Waals surface area (Å²) >= 11 is 0. The van der Waals surface area contributed by atoms with E-state index in [2.05, 4.69) is 43.3 Å². The molecule has 1 saturated heterocycles. The molecule has 1 fully saturated rings. The fraction of sp³-hybridized carbons (Fsp3) is 0.882. The normalized spacial score (nSPS) is 18.0. The van der Waals surface area contributed by atoms with Gasteiger partial charge in [-0.1, -0.05) is 20.8 Å². The van der Waals surface area contributed by atoms with Gasteiger partial charge >= 0.3 is 0 Å². The Morgan fingerprint density at radius 3 is 2.41 bits per heavy atom. The summed E-state index contributed by atoms with van der Waals surface area (Å²) in [5.41, 5.74) is 0.344. The van der Waals surface area contributed by atoms with Gasteiger partial charge in [0.15, 0.2) is 5.96 Å². The average Bonchev–Trinajstić information content (AvgIpc) is 2.49. The van der Waals surface area contributed by atoms with Crippen LogP contribution in [-0.4, -0.2) is 49.5 Å². The van der Waals surface area contributed by atoms with Gasteiger partial charge in [-0.15, -0.1) is 0 Å². The molecule has 0 aromatic rings. The molecule has 0 spiro atoms. The van der Waals surface area contributed by atoms with Crippen LogP contribution in [0.1, 0.15) is 59.8 Å². The second-order valence-corrected chi connectivity index (χ2v) is 7.51. The number of carbonyl (C=O) groups is 1. The minimum atomic E-state index is 0.171. The largest absolute Gasteiger partial charge is 0.354 e. The summed E-state index contributed by atoms with van der Waals surface area (Å²) in [6.07, 6.45) is 5.74. The number of carbonyl (C=O) groups excluding carboxylic acids is 1. The Labute approximate surface area is 135 Å². The molecule has 0 aromatic carbocycles. The molecular formula is C17H34N4O. The van der Waals surface area contributed by atoms with Crippen LogP contribution in [-0.2, 0) is 4.79 Å². The van der Waals surface area contributed by atoms with Gasteiger partial charge in [0, 0.05) is 26.2 Å². The molecule has 1 heterocycles. The van der Waals surface area contributed by atoms with E-state index >= 15 is 0 Å². The van der Waals surface area contributed by atoms with Gasteiger partial charge in [0.25, 0.3) is 0 Å². The van der Waals surface area contributed by atoms with Crippen LogP contribution in [0.25, 0.3) is 0 Å². The topological polar surface area (TPSA) is 56.7 Å². The molecule has 2 N–H and O–H groups in total. The molecular weight excluding hydrogens is 276 g/mol. The lowest BCUT2D eigenvalue weighted by molar-refractivity contribution is -0.130. The molecule has 5 nitrogen and oxygen atoms in total. The highest BCUT2D eigenvalue weighted by molar-refractivity contribution is 5.86. The second kappa shape index (κ2) is 9.01. The molecule has 0 aromatic heterocycles. The minimum absolute atomic E-state index is 0.171. The van der Waals surface area contributed by atoms with Gasteiger partial charge in [-0.25, -0.2) is 0 Å². The van der Waals surface area contributed by atoms with E-state index in [4.69, 9.17) is 0 Å². The van der Waals surface area contributed by atoms with Crippen LogP contribution in [0.2, 0.25) is 0 Å². The lowest BCUT2D eigenvalue weighted by Crippen LogP contribution is -2.48. The van der Waals surface area contributed by atoms with E-state index in [1.807, 2.05) is 4.90 Å². The summed E-state index contributed by atoms with van der Waals surface area (Å²) in [6, 6.07) is 0.343. The van der Waals surface area contributed by atoms with Crippen molar-refractivity contribution in [3.8, 4) is 0 Å². The highest BCUT2D eigenvalue weighted by atomic mass is 16.2. The van der Waals surface area contributed by atoms with Crippen LogP contribution in [0.3, 0.4) is 0 Å². The van der Waals surface area contributed by atoms with E-state index in [1.165, 1.54) is 6.42 Å². The molecule has 1 aliphatic heterocycles. The van der Waals surface area contributed by atoms with E-state index in [-0.39, 0.29) is 5.91 Å². The predicted octanol–water partition coefficient (Wildman–Crippen LogP) is 2.38. The molecule has 0 bridgehead atoms. The van der Waals surface area contributed by atoms with Crippen molar-refractivity contribution in [2.45, 2.75) is 65.8 Å². The Morgan fingerprint density at radius 1 is 1.23 bits per heavy atom. The first-order chi connectivity index (χ1) is 10.3. The summed E-state index contributed by atoms with van der Waals surface area (Å²) in [6.45, 7) is 11.0. The second-order valence-electron chi connectivity index (χ2n) is 7.51. The molecule has 1 rings (SSSR count). The van der Waals surface area contributed by atoms with Crippen molar-refractivity contribution in [3.63, 3.8) is 0 Å². The molecule has 0 aliphatic carbocycles. The van der Waals surface area contributed by atoms with Crippen LogP contribution in [0.4, 0.5) is 0 Å². The predicted molar refractivity (Wildman–Crippen MR) is 93.1 cm³/mol. The Kier molecular flexibility index (Phi) is 7.69. The van der Waals surface area contributed by atoms with Gasteiger partial charge < -0.3 is 15.5 Å². The Bertz CT molecular complexity index is 367. The minimum Gasteiger partial charge on any atom is -0.354 e. The summed E-state index contributed by atoms with van der Waals surface area (Å²) in [7, 11) is 1.75. The van der Waals surface area contributed by atoms with E-state index in [0.29, 0.717) is 24.0 Å². The summed E-state index contributed by atoms with van der Waals surface area (Å²) in [5.74, 6) is 0.886. The number of likely N-dealkylation sites (tertiary alicyclic amines) is 1. The molecule has 1 amide bonds. The molecule has 22 heavy (non-hydrogen) atoms. The van der Waals surface area contributed by atoms with E-state index in [9.17, 15) is 4.79 Å². The zero-order valence-electron chi connectivity index (χ0n) is 15.0. The summed E-state index contributed by atoms with van der Waals surface area (Å²) < 4.78 is 0. The third-order valence-corrected chi connectivity index (χ3v) is 4.05. The quantitative estimate of drug-likeness (QED) is 0.605. The molecule has 0 radical (unpaired) electrons. The smallest absolute Gasteiger partial charge is 0.241 e. The van der Waals surface area contributed by atoms with Crippen molar-refractivity contribution in [2.24, 2.45) is 10.4 Å². The van der Waals surface area contributed by atoms with Crippen molar-refractivity contribution in [3.05, 3.63) is 0 Å². The number of amides is 1. The van der Waals surface area contributed by atoms with Crippen LogP contribution >= 0.6 is 0 Å². The summed E-state index contributed by atoms with van der Waals surface area (Å²) in [5, 5.41) is 6.51. The lowest BCUT2D eigenvalue weighted by Gasteiger charge is -2.27. The van der Waals surface area contributed by atoms with Crippen LogP contribution in [0, 0.1) is 5.41 Å². The van der Waals surface area contributed by atoms with Gasteiger partial charge in [0.05, 0.1) is 6.54 Å². The Hall–Kier alpha value is -1.26. The molecule has 1 aliphatic rings. The number of hydrogen-bond acceptors (Lipinski definition) is 2. The van der Waals surface area contributed by atoms with Crippen LogP contribution in [0.15, 0.2) is 4.99 Å². The monoisotopic (exact) mass is 310 g/mol. The van der Waals surface area contributed by atoms with Crippen molar-refractivity contribution in [1.29, 1.82) is 0 Å². The van der Waals surface area contributed by atoms with Crippen LogP contribution in [0.5, 0.6) is 0 Å². The third-order valence-electron chi connectivity index (χ3n) is 4.05. The zero-order valence-corrected chi connectivity index (χ0v) is 15.0. The average molecular weight is 310 g/mol. The molecule has 1 atom stereocenters. The first-order valence-corrected chi connectivity index (χ1v) is 8.57. The molecule has 128 valence electrons. The van der Waals surface area contributed by atoms with Gasteiger partial charge in [-0.2, -0.15) is 0 Å². The standard InChI is InChI=1S/C17H34N4O/c1-14(9-10-17(2,3)4)20-16(18-5)19-13-15(22)21-11-7-6-8-12-21/h14H,6-13H2,1-5H3,(H2,18,19,20). The fourth-order valence-corrected chi connectivity index (χ4v) is 2.56. The maximum absolute atomic E-state index is 12.1. The van der Waals surface area contributed by atoms with Crippen molar-refractivity contribution >= 4 is 11.9 Å². The van der Waals surface area contributed by atoms with Crippen molar-refractivity contribution in [2.75, 3.05) is 26.7 Å². The first-order valence-electron chi connectivity index (χ1n) is 8.57. The van der Waals surface area contributed by atoms with Crippen LogP contribution < -0.4 is 10.6 Å². The maximum atomic E-state index is 12.1. The number of aliphatic imine (C=N–C) groups is 1. The van der Waals surface area contributed by atoms with Gasteiger partial charge in [-0.3, -0.25) is 9.79 Å². The van der Waals surface area contributed by atoms with Gasteiger partial charge in [-0.05, 0) is 44.4 Å². The van der Waals surface area contributed by atoms with Gasteiger partial charge in [0.2, 0.25) is 5.91 Å².